The molecule has 1 aromatic rings. The lowest BCUT2D eigenvalue weighted by Gasteiger charge is -2.23. The quantitative estimate of drug-likeness (QED) is 0.771. The Labute approximate surface area is 85.7 Å². The lowest BCUT2D eigenvalue weighted by molar-refractivity contribution is 0.375. The second-order valence-corrected chi connectivity index (χ2v) is 4.22. The van der Waals surface area contributed by atoms with Gasteiger partial charge in [-0.1, -0.05) is 0 Å². The van der Waals surface area contributed by atoms with Gasteiger partial charge in [-0.2, -0.15) is 0 Å². The second-order valence-electron chi connectivity index (χ2n) is 4.22. The zero-order valence-corrected chi connectivity index (χ0v) is 8.79. The average molecular weight is 190 g/mol. The maximum absolute atomic E-state index is 4.19. The molecule has 1 atom stereocenters. The van der Waals surface area contributed by atoms with Gasteiger partial charge in [-0.15, -0.1) is 0 Å². The molecular weight excluding hydrogens is 172 g/mol. The fourth-order valence-electron chi connectivity index (χ4n) is 2.12. The predicted octanol–water partition coefficient (Wildman–Crippen LogP) is 1.93. The van der Waals surface area contributed by atoms with Gasteiger partial charge in [0.15, 0.2) is 0 Å². The number of aryl methyl sites for hydroxylation is 1. The number of hydrogen-bond acceptors (Lipinski definition) is 2. The van der Waals surface area contributed by atoms with Crippen LogP contribution in [0.25, 0.3) is 0 Å². The second kappa shape index (κ2) is 4.56. The van der Waals surface area contributed by atoms with E-state index in [1.165, 1.54) is 43.5 Å². The van der Waals surface area contributed by atoms with Crippen molar-refractivity contribution in [2.75, 3.05) is 13.1 Å². The van der Waals surface area contributed by atoms with Crippen LogP contribution in [0.3, 0.4) is 0 Å². The van der Waals surface area contributed by atoms with Gasteiger partial charge >= 0.3 is 0 Å². The fraction of sp³-hybridized carbons (Fsp3) is 0.583. The van der Waals surface area contributed by atoms with Crippen molar-refractivity contribution >= 4 is 0 Å². The van der Waals surface area contributed by atoms with E-state index in [0.717, 1.165) is 5.92 Å². The lowest BCUT2D eigenvalue weighted by Crippen LogP contribution is -2.31. The Kier molecular flexibility index (Phi) is 3.14. The summed E-state index contributed by atoms with van der Waals surface area (Å²) in [6, 6.07) is 2.10. The Balaban J connectivity index is 1.99. The van der Waals surface area contributed by atoms with E-state index in [9.17, 15) is 0 Å². The number of aromatic nitrogens is 1. The molecule has 76 valence electrons. The van der Waals surface area contributed by atoms with Crippen LogP contribution in [0.1, 0.15) is 24.0 Å². The first-order valence-electron chi connectivity index (χ1n) is 5.46. The van der Waals surface area contributed by atoms with Crippen molar-refractivity contribution < 1.29 is 0 Å². The van der Waals surface area contributed by atoms with Gasteiger partial charge in [-0.05, 0) is 62.4 Å². The molecular formula is C12H18N2. The molecule has 2 heteroatoms. The van der Waals surface area contributed by atoms with Crippen LogP contribution in [0, 0.1) is 12.8 Å². The molecule has 0 saturated carbocycles. The molecule has 0 aliphatic carbocycles. The van der Waals surface area contributed by atoms with Gasteiger partial charge in [-0.3, -0.25) is 4.98 Å². The maximum Gasteiger partial charge on any atom is 0.0302 e. The van der Waals surface area contributed by atoms with Crippen LogP contribution >= 0.6 is 0 Å². The first-order valence-corrected chi connectivity index (χ1v) is 5.46. The number of nitrogens with one attached hydrogen (secondary N) is 1. The van der Waals surface area contributed by atoms with Gasteiger partial charge in [-0.25, -0.2) is 0 Å². The summed E-state index contributed by atoms with van der Waals surface area (Å²) in [7, 11) is 0. The Bertz CT molecular complexity index is 290. The van der Waals surface area contributed by atoms with Gasteiger partial charge in [0.05, 0.1) is 0 Å². The standard InChI is InChI=1S/C12H18N2/c1-10-4-6-14-9-12(10)7-11-3-2-5-13-8-11/h4,6,9,11,13H,2-3,5,7-8H2,1H3. The van der Waals surface area contributed by atoms with E-state index in [2.05, 4.69) is 23.3 Å². The zero-order valence-electron chi connectivity index (χ0n) is 8.79. The molecule has 1 unspecified atom stereocenters. The summed E-state index contributed by atoms with van der Waals surface area (Å²) in [5.41, 5.74) is 2.80. The van der Waals surface area contributed by atoms with E-state index in [4.69, 9.17) is 0 Å². The van der Waals surface area contributed by atoms with Gasteiger partial charge in [0.25, 0.3) is 0 Å². The van der Waals surface area contributed by atoms with Crippen molar-refractivity contribution in [1.29, 1.82) is 0 Å². The highest BCUT2D eigenvalue weighted by Gasteiger charge is 2.14. The van der Waals surface area contributed by atoms with E-state index >= 15 is 0 Å². The van der Waals surface area contributed by atoms with E-state index < -0.39 is 0 Å². The van der Waals surface area contributed by atoms with Gasteiger partial charge in [0.2, 0.25) is 0 Å². The van der Waals surface area contributed by atoms with Gasteiger partial charge < -0.3 is 5.32 Å². The number of rotatable bonds is 2. The fourth-order valence-corrected chi connectivity index (χ4v) is 2.12. The normalized spacial score (nSPS) is 22.2. The summed E-state index contributed by atoms with van der Waals surface area (Å²) in [6.45, 7) is 4.55. The Morgan fingerprint density at radius 3 is 3.21 bits per heavy atom. The van der Waals surface area contributed by atoms with Crippen LogP contribution in [0.4, 0.5) is 0 Å². The molecule has 1 fully saturated rings. The zero-order chi connectivity index (χ0) is 9.80. The van der Waals surface area contributed by atoms with Crippen LogP contribution in [0.2, 0.25) is 0 Å². The maximum atomic E-state index is 4.19. The number of nitrogens with zero attached hydrogens (tertiary/aromatic N) is 1. The third-order valence-electron chi connectivity index (χ3n) is 3.06. The topological polar surface area (TPSA) is 24.9 Å². The smallest absolute Gasteiger partial charge is 0.0302 e. The molecule has 2 nitrogen and oxygen atoms in total. The molecule has 1 aliphatic heterocycles. The monoisotopic (exact) mass is 190 g/mol. The Morgan fingerprint density at radius 2 is 2.50 bits per heavy atom. The highest BCUT2D eigenvalue weighted by molar-refractivity contribution is 5.21. The van der Waals surface area contributed by atoms with Crippen molar-refractivity contribution in [2.24, 2.45) is 5.92 Å². The SMILES string of the molecule is Cc1ccncc1CC1CCCNC1. The van der Waals surface area contributed by atoms with Crippen LogP contribution in [0.5, 0.6) is 0 Å². The summed E-state index contributed by atoms with van der Waals surface area (Å²) >= 11 is 0. The van der Waals surface area contributed by atoms with Crippen molar-refractivity contribution in [3.8, 4) is 0 Å². The molecule has 0 bridgehead atoms. The Morgan fingerprint density at radius 1 is 1.57 bits per heavy atom. The van der Waals surface area contributed by atoms with E-state index in [1.54, 1.807) is 0 Å². The van der Waals surface area contributed by atoms with Crippen molar-refractivity contribution in [3.05, 3.63) is 29.6 Å². The minimum Gasteiger partial charge on any atom is -0.316 e. The molecule has 2 rings (SSSR count). The third kappa shape index (κ3) is 2.32. The first-order chi connectivity index (χ1) is 6.86. The molecule has 0 radical (unpaired) electrons. The largest absolute Gasteiger partial charge is 0.316 e. The van der Waals surface area contributed by atoms with Crippen LogP contribution in [0.15, 0.2) is 18.5 Å². The van der Waals surface area contributed by atoms with E-state index in [-0.39, 0.29) is 0 Å². The number of piperidine rings is 1. The van der Waals surface area contributed by atoms with Crippen molar-refractivity contribution in [3.63, 3.8) is 0 Å². The molecule has 1 N–H and O–H groups in total. The van der Waals surface area contributed by atoms with Crippen molar-refractivity contribution in [1.82, 2.24) is 10.3 Å². The molecule has 0 aromatic carbocycles. The molecule has 14 heavy (non-hydrogen) atoms. The first kappa shape index (κ1) is 9.66. The third-order valence-corrected chi connectivity index (χ3v) is 3.06. The highest BCUT2D eigenvalue weighted by atomic mass is 14.9. The molecule has 1 aliphatic rings. The molecule has 1 aromatic heterocycles. The van der Waals surface area contributed by atoms with E-state index in [0.29, 0.717) is 0 Å². The van der Waals surface area contributed by atoms with Crippen LogP contribution in [-0.4, -0.2) is 18.1 Å². The minimum atomic E-state index is 0.812. The van der Waals surface area contributed by atoms with Crippen molar-refractivity contribution in [2.45, 2.75) is 26.2 Å². The minimum absolute atomic E-state index is 0.812. The molecule has 2 heterocycles. The van der Waals surface area contributed by atoms with Crippen LogP contribution in [-0.2, 0) is 6.42 Å². The highest BCUT2D eigenvalue weighted by Crippen LogP contribution is 2.17. The predicted molar refractivity (Wildman–Crippen MR) is 58.3 cm³/mol. The summed E-state index contributed by atoms with van der Waals surface area (Å²) in [4.78, 5) is 4.19. The van der Waals surface area contributed by atoms with Crippen LogP contribution < -0.4 is 5.32 Å². The molecule has 0 amide bonds. The Hall–Kier alpha value is -0.890. The van der Waals surface area contributed by atoms with E-state index in [1.807, 2.05) is 12.4 Å². The summed E-state index contributed by atoms with van der Waals surface area (Å²) in [5, 5.41) is 3.45. The summed E-state index contributed by atoms with van der Waals surface area (Å²) in [6.07, 6.45) is 7.76. The summed E-state index contributed by atoms with van der Waals surface area (Å²) < 4.78 is 0. The molecule has 1 saturated heterocycles. The average Bonchev–Trinajstić information content (AvgIpc) is 2.23. The molecule has 0 spiro atoms. The lowest BCUT2D eigenvalue weighted by atomic mass is 9.91. The number of hydrogen-bond donors (Lipinski definition) is 1. The van der Waals surface area contributed by atoms with Gasteiger partial charge in [0, 0.05) is 12.4 Å². The van der Waals surface area contributed by atoms with Gasteiger partial charge in [0.1, 0.15) is 0 Å². The number of pyridine rings is 1. The summed E-state index contributed by atoms with van der Waals surface area (Å²) in [5.74, 6) is 0.812.